The van der Waals surface area contributed by atoms with E-state index >= 15 is 0 Å². The first kappa shape index (κ1) is 38.0. The molecule has 0 aromatic heterocycles. The maximum atomic E-state index is 13.7. The molecule has 0 saturated carbocycles. The fourth-order valence-electron chi connectivity index (χ4n) is 8.50. The molecule has 2 bridgehead atoms. The minimum absolute atomic E-state index is 0.0231. The maximum Gasteiger partial charge on any atom is 0.408 e. The molecule has 2 amide bonds. The number of fused-ring (bicyclic) bond motifs is 9. The van der Waals surface area contributed by atoms with Crippen molar-refractivity contribution in [2.45, 2.75) is 96.2 Å². The molecule has 6 atom stereocenters. The molecule has 0 aliphatic carbocycles. The molecule has 4 aliphatic rings. The van der Waals surface area contributed by atoms with Gasteiger partial charge in [-0.15, -0.1) is 0 Å². The summed E-state index contributed by atoms with van der Waals surface area (Å²) in [5.74, 6) is 2.63. The smallest absolute Gasteiger partial charge is 0.408 e. The average Bonchev–Trinajstić information content (AvgIpc) is 3.59. The number of hydrogen-bond acceptors (Lipinski definition) is 12. The molecule has 6 rings (SSSR count). The quantitative estimate of drug-likeness (QED) is 0.249. The molecule has 1 fully saturated rings. The number of carbonyl (C=O) groups is 2. The van der Waals surface area contributed by atoms with Gasteiger partial charge in [0.2, 0.25) is 12.7 Å². The van der Waals surface area contributed by atoms with Crippen LogP contribution in [0, 0.1) is 25.2 Å². The molecule has 2 aromatic rings. The van der Waals surface area contributed by atoms with E-state index in [1.54, 1.807) is 48.0 Å². The standard InChI is InChI=1S/C39H51N5O9/c1-11-12-49-33-21(3)34-36(52-19-51-34)30-24(33)15-26-31-29-23(13-20(2)32(48-10)35(29)50-18-47-9)14-25(43(31)8)27(16-40)44(26)28(30)17-41-37(45)22(4)42-38(46)53-39(5,6)7/h11,13,22,25-28,31H,1,12,14-15,17-19H2,2-10H3,(H,41,45)(H,42,46)/t22?,25-,26?,27-,28-,31-/m0/s1. The number of amides is 2. The molecule has 53 heavy (non-hydrogen) atoms. The van der Waals surface area contributed by atoms with Gasteiger partial charge < -0.3 is 43.8 Å². The average molecular weight is 734 g/mol. The summed E-state index contributed by atoms with van der Waals surface area (Å²) >= 11 is 0. The summed E-state index contributed by atoms with van der Waals surface area (Å²) in [6, 6.07) is 2.01. The van der Waals surface area contributed by atoms with Crippen LogP contribution in [0.1, 0.15) is 73.2 Å². The molecular formula is C39H51N5O9. The third kappa shape index (κ3) is 6.82. The third-order valence-corrected chi connectivity index (χ3v) is 10.5. The predicted octanol–water partition coefficient (Wildman–Crippen LogP) is 4.39. The van der Waals surface area contributed by atoms with Crippen molar-refractivity contribution in [3.8, 4) is 34.8 Å². The van der Waals surface area contributed by atoms with Gasteiger partial charge in [0.05, 0.1) is 25.3 Å². The number of nitrogens with one attached hydrogen (secondary N) is 2. The lowest BCUT2D eigenvalue weighted by atomic mass is 9.71. The van der Waals surface area contributed by atoms with Crippen molar-refractivity contribution in [1.29, 1.82) is 5.26 Å². The molecule has 286 valence electrons. The molecule has 4 heterocycles. The van der Waals surface area contributed by atoms with Gasteiger partial charge in [-0.3, -0.25) is 14.6 Å². The molecule has 4 aliphatic heterocycles. The number of benzene rings is 2. The lowest BCUT2D eigenvalue weighted by molar-refractivity contribution is -0.123. The second-order valence-corrected chi connectivity index (χ2v) is 15.0. The first-order valence-corrected chi connectivity index (χ1v) is 17.9. The van der Waals surface area contributed by atoms with Crippen LogP contribution in [0.4, 0.5) is 4.79 Å². The van der Waals surface area contributed by atoms with Gasteiger partial charge in [0, 0.05) is 48.0 Å². The van der Waals surface area contributed by atoms with Gasteiger partial charge in [-0.05, 0) is 72.6 Å². The van der Waals surface area contributed by atoms with Crippen molar-refractivity contribution in [1.82, 2.24) is 20.4 Å². The number of rotatable bonds is 11. The second-order valence-electron chi connectivity index (χ2n) is 15.0. The van der Waals surface area contributed by atoms with E-state index in [1.165, 1.54) is 0 Å². The Hall–Kier alpha value is -4.71. The summed E-state index contributed by atoms with van der Waals surface area (Å²) in [6.45, 7) is 15.1. The highest BCUT2D eigenvalue weighted by Crippen LogP contribution is 2.58. The Kier molecular flexibility index (Phi) is 10.7. The van der Waals surface area contributed by atoms with E-state index in [9.17, 15) is 14.9 Å². The van der Waals surface area contributed by atoms with Crippen molar-refractivity contribution in [2.75, 3.05) is 48.0 Å². The highest BCUT2D eigenvalue weighted by atomic mass is 16.7. The Bertz CT molecular complexity index is 1820. The second kappa shape index (κ2) is 15.0. The zero-order valence-corrected chi connectivity index (χ0v) is 32.1. The number of methoxy groups -OCH3 is 2. The van der Waals surface area contributed by atoms with Gasteiger partial charge in [-0.25, -0.2) is 4.79 Å². The van der Waals surface area contributed by atoms with E-state index in [-0.39, 0.29) is 44.9 Å². The van der Waals surface area contributed by atoms with Crippen LogP contribution in [0.5, 0.6) is 28.7 Å². The van der Waals surface area contributed by atoms with Crippen LogP contribution in [-0.2, 0) is 27.1 Å². The van der Waals surface area contributed by atoms with E-state index in [1.807, 2.05) is 13.8 Å². The van der Waals surface area contributed by atoms with E-state index < -0.39 is 35.7 Å². The molecule has 0 radical (unpaired) electrons. The highest BCUT2D eigenvalue weighted by Gasteiger charge is 2.57. The summed E-state index contributed by atoms with van der Waals surface area (Å²) in [5.41, 5.74) is 4.77. The van der Waals surface area contributed by atoms with E-state index in [0.717, 1.165) is 33.4 Å². The van der Waals surface area contributed by atoms with Gasteiger partial charge in [-0.2, -0.15) is 5.26 Å². The van der Waals surface area contributed by atoms with Crippen molar-refractivity contribution >= 4 is 12.0 Å². The number of nitriles is 1. The molecule has 2 unspecified atom stereocenters. The van der Waals surface area contributed by atoms with Crippen LogP contribution >= 0.6 is 0 Å². The minimum atomic E-state index is -0.903. The number of likely N-dealkylation sites (N-methyl/N-ethyl adjacent to an activating group) is 1. The number of ether oxygens (including phenoxy) is 7. The summed E-state index contributed by atoms with van der Waals surface area (Å²) in [4.78, 5) is 30.7. The zero-order valence-electron chi connectivity index (χ0n) is 32.1. The van der Waals surface area contributed by atoms with Gasteiger partial charge >= 0.3 is 6.09 Å². The maximum absolute atomic E-state index is 13.7. The first-order valence-electron chi connectivity index (χ1n) is 17.9. The van der Waals surface area contributed by atoms with Gasteiger partial charge in [-0.1, -0.05) is 18.7 Å². The number of aryl methyl sites for hydroxylation is 1. The Labute approximate surface area is 311 Å². The normalized spacial score (nSPS) is 23.4. The van der Waals surface area contributed by atoms with Crippen LogP contribution in [0.2, 0.25) is 0 Å². The molecule has 2 aromatic carbocycles. The summed E-state index contributed by atoms with van der Waals surface area (Å²) in [7, 11) is 5.27. The third-order valence-electron chi connectivity index (χ3n) is 10.5. The lowest BCUT2D eigenvalue weighted by Crippen LogP contribution is -2.69. The van der Waals surface area contributed by atoms with E-state index in [4.69, 9.17) is 33.2 Å². The number of piperazine rings is 1. The number of alkyl carbamates (subject to hydrolysis) is 1. The van der Waals surface area contributed by atoms with Crippen molar-refractivity contribution < 1.29 is 42.7 Å². The topological polar surface area (TPSA) is 153 Å². The predicted molar refractivity (Wildman–Crippen MR) is 195 cm³/mol. The zero-order chi connectivity index (χ0) is 38.4. The summed E-state index contributed by atoms with van der Waals surface area (Å²) < 4.78 is 41.6. The minimum Gasteiger partial charge on any atom is -0.493 e. The SMILES string of the molecule is C=CCOc1c(C)c2c(c3c1CC1[C@H]4c5c(cc(C)c(OC)c5OCOC)C[C@@H]([C@H](C#N)N1[C@H]3CNC(=O)C(C)NC(=O)OC(C)(C)C)N4C)OCO2. The van der Waals surface area contributed by atoms with Crippen LogP contribution in [0.25, 0.3) is 0 Å². The van der Waals surface area contributed by atoms with Crippen molar-refractivity contribution in [3.63, 3.8) is 0 Å². The van der Waals surface area contributed by atoms with Gasteiger partial charge in [0.15, 0.2) is 29.8 Å². The van der Waals surface area contributed by atoms with Crippen LogP contribution in [0.3, 0.4) is 0 Å². The number of carbonyl (C=O) groups excluding carboxylic acids is 2. The van der Waals surface area contributed by atoms with Crippen LogP contribution in [-0.4, -0.2) is 99.6 Å². The fraction of sp³-hybridized carbons (Fsp3) is 0.564. The highest BCUT2D eigenvalue weighted by molar-refractivity contribution is 5.85. The fourth-order valence-corrected chi connectivity index (χ4v) is 8.50. The molecule has 14 heteroatoms. The Balaban J connectivity index is 1.50. The Morgan fingerprint density at radius 1 is 1.09 bits per heavy atom. The van der Waals surface area contributed by atoms with Crippen LogP contribution in [0.15, 0.2) is 18.7 Å². The van der Waals surface area contributed by atoms with Crippen molar-refractivity contribution in [2.24, 2.45) is 0 Å². The summed E-state index contributed by atoms with van der Waals surface area (Å²) in [5, 5.41) is 16.7. The number of nitrogens with zero attached hydrogens (tertiary/aromatic N) is 3. The Morgan fingerprint density at radius 2 is 1.83 bits per heavy atom. The van der Waals surface area contributed by atoms with Crippen molar-refractivity contribution in [3.05, 3.63) is 52.1 Å². The Morgan fingerprint density at radius 3 is 2.49 bits per heavy atom. The molecular weight excluding hydrogens is 682 g/mol. The molecule has 2 N–H and O–H groups in total. The first-order chi connectivity index (χ1) is 25.3. The molecule has 1 saturated heterocycles. The number of hydrogen-bond donors (Lipinski definition) is 2. The monoisotopic (exact) mass is 733 g/mol. The van der Waals surface area contributed by atoms with Gasteiger partial charge in [0.25, 0.3) is 0 Å². The molecule has 0 spiro atoms. The summed E-state index contributed by atoms with van der Waals surface area (Å²) in [6.07, 6.45) is 2.07. The lowest BCUT2D eigenvalue weighted by Gasteiger charge is -2.60. The largest absolute Gasteiger partial charge is 0.493 e. The van der Waals surface area contributed by atoms with Crippen LogP contribution < -0.4 is 34.3 Å². The molecule has 14 nitrogen and oxygen atoms in total. The van der Waals surface area contributed by atoms with E-state index in [2.05, 4.69) is 46.2 Å². The van der Waals surface area contributed by atoms with E-state index in [0.29, 0.717) is 41.6 Å². The van der Waals surface area contributed by atoms with Gasteiger partial charge in [0.1, 0.15) is 30.0 Å².